The number of carbonyl (C=O) groups is 1. The number of H-pyrrole nitrogens is 1. The zero-order chi connectivity index (χ0) is 21.6. The molecule has 0 amide bonds. The highest BCUT2D eigenvalue weighted by Gasteiger charge is 2.25. The van der Waals surface area contributed by atoms with E-state index in [1.807, 2.05) is 0 Å². The summed E-state index contributed by atoms with van der Waals surface area (Å²) in [4.78, 5) is 40.9. The van der Waals surface area contributed by atoms with E-state index in [0.29, 0.717) is 16.5 Å². The van der Waals surface area contributed by atoms with Crippen molar-refractivity contribution in [2.24, 2.45) is 0 Å². The van der Waals surface area contributed by atoms with E-state index in [9.17, 15) is 14.4 Å². The molecule has 30 heavy (non-hydrogen) atoms. The monoisotopic (exact) mass is 461 g/mol. The number of anilines is 1. The number of hydrogen-bond acceptors (Lipinski definition) is 6. The van der Waals surface area contributed by atoms with E-state index in [4.69, 9.17) is 33.7 Å². The molecule has 0 aliphatic carbocycles. The first-order valence-corrected chi connectivity index (χ1v) is 10.1. The molecule has 0 aliphatic rings. The van der Waals surface area contributed by atoms with Gasteiger partial charge in [-0.05, 0) is 30.3 Å². The van der Waals surface area contributed by atoms with Crippen molar-refractivity contribution in [2.75, 3.05) is 12.8 Å². The number of halogens is 2. The van der Waals surface area contributed by atoms with Crippen LogP contribution in [0.5, 0.6) is 5.75 Å². The number of aromatic nitrogens is 2. The maximum absolute atomic E-state index is 13.1. The maximum Gasteiger partial charge on any atom is 0.334 e. The lowest BCUT2D eigenvalue weighted by molar-refractivity contribution is 0.104. The fourth-order valence-electron chi connectivity index (χ4n) is 3.11. The highest BCUT2D eigenvalue weighted by atomic mass is 35.5. The topological polar surface area (TPSA) is 107 Å². The first-order valence-electron chi connectivity index (χ1n) is 8.54. The molecule has 0 fully saturated rings. The number of rotatable bonds is 4. The van der Waals surface area contributed by atoms with Crippen molar-refractivity contribution < 1.29 is 9.53 Å². The predicted octanol–water partition coefficient (Wildman–Crippen LogP) is 3.87. The second-order valence-electron chi connectivity index (χ2n) is 6.24. The van der Waals surface area contributed by atoms with Crippen molar-refractivity contribution in [3.05, 3.63) is 83.8 Å². The molecule has 7 nitrogen and oxygen atoms in total. The Hall–Kier alpha value is -3.07. The Morgan fingerprint density at radius 2 is 1.90 bits per heavy atom. The number of nitrogen functional groups attached to an aromatic ring is 1. The summed E-state index contributed by atoms with van der Waals surface area (Å²) in [5.41, 5.74) is 5.31. The van der Waals surface area contributed by atoms with E-state index in [1.54, 1.807) is 30.3 Å². The summed E-state index contributed by atoms with van der Waals surface area (Å²) in [6.07, 6.45) is 0. The van der Waals surface area contributed by atoms with Gasteiger partial charge in [-0.1, -0.05) is 35.3 Å². The van der Waals surface area contributed by atoms with Gasteiger partial charge in [0, 0.05) is 10.6 Å². The van der Waals surface area contributed by atoms with Gasteiger partial charge in [-0.3, -0.25) is 14.6 Å². The lowest BCUT2D eigenvalue weighted by atomic mass is 10.1. The summed E-state index contributed by atoms with van der Waals surface area (Å²) < 4.78 is 6.60. The summed E-state index contributed by atoms with van der Waals surface area (Å²) >= 11 is 13.1. The smallest absolute Gasteiger partial charge is 0.334 e. The normalized spacial score (nSPS) is 11.0. The number of nitrogens with zero attached hydrogens (tertiary/aromatic N) is 1. The van der Waals surface area contributed by atoms with Gasteiger partial charge in [-0.25, -0.2) is 9.36 Å². The minimum atomic E-state index is -0.689. The zero-order valence-corrected chi connectivity index (χ0v) is 17.7. The van der Waals surface area contributed by atoms with E-state index < -0.39 is 17.0 Å². The Morgan fingerprint density at radius 3 is 2.63 bits per heavy atom. The molecule has 152 valence electrons. The summed E-state index contributed by atoms with van der Waals surface area (Å²) in [5.74, 6) is -0.0923. The molecule has 2 heterocycles. The van der Waals surface area contributed by atoms with Crippen LogP contribution in [0.2, 0.25) is 10.0 Å². The summed E-state index contributed by atoms with van der Waals surface area (Å²) in [6.45, 7) is 0. The Balaban J connectivity index is 2.05. The summed E-state index contributed by atoms with van der Waals surface area (Å²) in [7, 11) is 1.46. The third-order valence-electron chi connectivity index (χ3n) is 4.49. The molecule has 0 atom stereocenters. The van der Waals surface area contributed by atoms with Crippen LogP contribution in [0.3, 0.4) is 0 Å². The van der Waals surface area contributed by atoms with Gasteiger partial charge in [0.05, 0.1) is 28.9 Å². The average Bonchev–Trinajstić information content (AvgIpc) is 3.07. The number of thiophene rings is 1. The molecule has 4 aromatic rings. The minimum absolute atomic E-state index is 0.0343. The number of nitrogens with one attached hydrogen (secondary N) is 1. The number of ether oxygens (including phenoxy) is 1. The molecular formula is C20H13Cl2N3O4S. The molecule has 0 spiro atoms. The number of benzene rings is 2. The van der Waals surface area contributed by atoms with Crippen LogP contribution in [0.4, 0.5) is 5.69 Å². The second kappa shape index (κ2) is 7.64. The number of fused-ring (bicyclic) bond motifs is 1. The van der Waals surface area contributed by atoms with E-state index >= 15 is 0 Å². The Bertz CT molecular complexity index is 1440. The zero-order valence-electron chi connectivity index (χ0n) is 15.4. The van der Waals surface area contributed by atoms with Crippen LogP contribution in [0.1, 0.15) is 15.2 Å². The fourth-order valence-corrected chi connectivity index (χ4v) is 4.67. The highest BCUT2D eigenvalue weighted by molar-refractivity contribution is 7.21. The molecule has 3 N–H and O–H groups in total. The van der Waals surface area contributed by atoms with Gasteiger partial charge in [-0.15, -0.1) is 11.3 Å². The minimum Gasteiger partial charge on any atom is -0.495 e. The van der Waals surface area contributed by atoms with E-state index in [0.717, 1.165) is 11.3 Å². The number of aromatic amines is 1. The Kier molecular flexibility index (Phi) is 5.15. The summed E-state index contributed by atoms with van der Waals surface area (Å²) in [5, 5.41) is 0.551. The molecule has 0 saturated heterocycles. The van der Waals surface area contributed by atoms with Crippen LogP contribution in [0.25, 0.3) is 15.9 Å². The van der Waals surface area contributed by atoms with Crippen LogP contribution < -0.4 is 21.7 Å². The average molecular weight is 462 g/mol. The SMILES string of the molecule is COc1ccccc1-n1c(=O)[nH]c(=O)c2c(N)c(C(=O)c3cc(Cl)ccc3Cl)sc21. The Morgan fingerprint density at radius 1 is 1.17 bits per heavy atom. The van der Waals surface area contributed by atoms with Crippen molar-refractivity contribution in [2.45, 2.75) is 0 Å². The first-order chi connectivity index (χ1) is 14.3. The predicted molar refractivity (Wildman–Crippen MR) is 119 cm³/mol. The van der Waals surface area contributed by atoms with Crippen molar-refractivity contribution >= 4 is 56.2 Å². The number of hydrogen-bond donors (Lipinski definition) is 2. The van der Waals surface area contributed by atoms with E-state index in [-0.39, 0.29) is 31.4 Å². The molecule has 0 radical (unpaired) electrons. The van der Waals surface area contributed by atoms with Crippen molar-refractivity contribution in [3.8, 4) is 11.4 Å². The van der Waals surface area contributed by atoms with Crippen LogP contribution >= 0.6 is 34.5 Å². The van der Waals surface area contributed by atoms with Crippen molar-refractivity contribution in [3.63, 3.8) is 0 Å². The maximum atomic E-state index is 13.1. The van der Waals surface area contributed by atoms with E-state index in [1.165, 1.54) is 23.8 Å². The quantitative estimate of drug-likeness (QED) is 0.448. The van der Waals surface area contributed by atoms with Gasteiger partial charge < -0.3 is 10.5 Å². The molecular weight excluding hydrogens is 449 g/mol. The lowest BCUT2D eigenvalue weighted by Crippen LogP contribution is -2.29. The van der Waals surface area contributed by atoms with Gasteiger partial charge in [-0.2, -0.15) is 0 Å². The van der Waals surface area contributed by atoms with Crippen LogP contribution in [-0.4, -0.2) is 22.4 Å². The summed E-state index contributed by atoms with van der Waals surface area (Å²) in [6, 6.07) is 11.3. The standard InChI is InChI=1S/C20H13Cl2N3O4S/c1-29-13-5-3-2-4-12(13)25-19-14(18(27)24-20(25)28)15(23)17(30-19)16(26)10-8-9(21)6-7-11(10)22/h2-8H,23H2,1H3,(H,24,27,28). The molecule has 2 aromatic heterocycles. The third-order valence-corrected chi connectivity index (χ3v) is 6.24. The number of ketones is 1. The lowest BCUT2D eigenvalue weighted by Gasteiger charge is -2.11. The van der Waals surface area contributed by atoms with Crippen LogP contribution in [0.15, 0.2) is 52.1 Å². The Labute approximate surface area is 183 Å². The van der Waals surface area contributed by atoms with Crippen molar-refractivity contribution in [1.29, 1.82) is 0 Å². The van der Waals surface area contributed by atoms with Gasteiger partial charge in [0.25, 0.3) is 5.56 Å². The molecule has 10 heteroatoms. The van der Waals surface area contributed by atoms with Gasteiger partial charge in [0.15, 0.2) is 0 Å². The molecule has 0 bridgehead atoms. The molecule has 0 unspecified atom stereocenters. The van der Waals surface area contributed by atoms with Gasteiger partial charge in [0.2, 0.25) is 5.78 Å². The second-order valence-corrected chi connectivity index (χ2v) is 8.09. The number of para-hydroxylation sites is 2. The first kappa shape index (κ1) is 20.2. The largest absolute Gasteiger partial charge is 0.495 e. The van der Waals surface area contributed by atoms with Gasteiger partial charge in [0.1, 0.15) is 15.5 Å². The number of methoxy groups -OCH3 is 1. The molecule has 4 rings (SSSR count). The molecule has 0 saturated carbocycles. The molecule has 2 aromatic carbocycles. The van der Waals surface area contributed by atoms with Crippen LogP contribution in [0, 0.1) is 0 Å². The third kappa shape index (κ3) is 3.19. The van der Waals surface area contributed by atoms with Gasteiger partial charge >= 0.3 is 5.69 Å². The van der Waals surface area contributed by atoms with Crippen molar-refractivity contribution in [1.82, 2.24) is 9.55 Å². The number of nitrogens with two attached hydrogens (primary N) is 1. The molecule has 0 aliphatic heterocycles. The van der Waals surface area contributed by atoms with E-state index in [2.05, 4.69) is 4.98 Å². The number of carbonyl (C=O) groups excluding carboxylic acids is 1. The van der Waals surface area contributed by atoms with Crippen LogP contribution in [-0.2, 0) is 0 Å². The fraction of sp³-hybridized carbons (Fsp3) is 0.0500. The highest BCUT2D eigenvalue weighted by Crippen LogP contribution is 2.36.